The van der Waals surface area contributed by atoms with Gasteiger partial charge in [0, 0.05) is 64.9 Å². The smallest absolute Gasteiger partial charge is 0.269 e. The molecule has 35 heavy (non-hydrogen) atoms. The lowest BCUT2D eigenvalue weighted by atomic mass is 9.69. The summed E-state index contributed by atoms with van der Waals surface area (Å²) in [5, 5.41) is 14.4. The normalized spacial score (nSPS) is 27.0. The molecule has 4 unspecified atom stereocenters. The molecular formula is C25H19FN4O4S. The number of nitro benzene ring substituents is 1. The van der Waals surface area contributed by atoms with Crippen LogP contribution in [0.5, 0.6) is 0 Å². The molecule has 1 amide bonds. The van der Waals surface area contributed by atoms with Gasteiger partial charge in [0.15, 0.2) is 5.78 Å². The van der Waals surface area contributed by atoms with Crippen molar-refractivity contribution in [2.75, 3.05) is 16.9 Å². The summed E-state index contributed by atoms with van der Waals surface area (Å²) in [5.74, 6) is -1.57. The van der Waals surface area contributed by atoms with Gasteiger partial charge in [0.1, 0.15) is 11.4 Å². The van der Waals surface area contributed by atoms with Crippen LogP contribution in [0, 0.1) is 21.8 Å². The third kappa shape index (κ3) is 3.06. The fourth-order valence-electron chi connectivity index (χ4n) is 5.95. The first-order valence-corrected chi connectivity index (χ1v) is 12.2. The number of aromatic nitrogens is 1. The third-order valence-corrected chi connectivity index (χ3v) is 8.32. The molecule has 8 nitrogen and oxygen atoms in total. The highest BCUT2D eigenvalue weighted by Crippen LogP contribution is 2.61. The lowest BCUT2D eigenvalue weighted by molar-refractivity contribution is -0.384. The molecule has 2 fully saturated rings. The third-order valence-electron chi connectivity index (χ3n) is 7.28. The Hall–Kier alpha value is -3.63. The molecule has 0 radical (unpaired) electrons. The molecule has 2 saturated heterocycles. The number of benzene rings is 2. The number of rotatable bonds is 4. The molecule has 0 saturated carbocycles. The summed E-state index contributed by atoms with van der Waals surface area (Å²) in [6, 6.07) is 13.4. The topological polar surface area (TPSA) is 105 Å². The molecule has 0 bridgehead atoms. The number of hydrogen-bond donors (Lipinski definition) is 1. The summed E-state index contributed by atoms with van der Waals surface area (Å²) in [5.41, 5.74) is 0.289. The van der Waals surface area contributed by atoms with E-state index in [1.807, 2.05) is 4.90 Å². The molecule has 3 aliphatic heterocycles. The van der Waals surface area contributed by atoms with Crippen LogP contribution in [0.4, 0.5) is 15.8 Å². The summed E-state index contributed by atoms with van der Waals surface area (Å²) in [6.45, 7) is 0. The second kappa shape index (κ2) is 7.96. The number of hydrogen-bond acceptors (Lipinski definition) is 7. The number of non-ortho nitro benzene ring substituents is 1. The van der Waals surface area contributed by atoms with Crippen LogP contribution in [-0.4, -0.2) is 44.2 Å². The van der Waals surface area contributed by atoms with Crippen molar-refractivity contribution in [1.82, 2.24) is 9.88 Å². The minimum atomic E-state index is -1.45. The molecule has 10 heteroatoms. The van der Waals surface area contributed by atoms with Crippen molar-refractivity contribution in [2.45, 2.75) is 17.5 Å². The molecule has 6 rings (SSSR count). The van der Waals surface area contributed by atoms with Gasteiger partial charge in [-0.05, 0) is 35.9 Å². The predicted molar refractivity (Wildman–Crippen MR) is 128 cm³/mol. The van der Waals surface area contributed by atoms with E-state index in [-0.39, 0.29) is 23.4 Å². The van der Waals surface area contributed by atoms with Gasteiger partial charge < -0.3 is 5.32 Å². The zero-order valence-electron chi connectivity index (χ0n) is 18.3. The van der Waals surface area contributed by atoms with E-state index < -0.39 is 28.1 Å². The van der Waals surface area contributed by atoms with Crippen molar-refractivity contribution in [1.29, 1.82) is 0 Å². The van der Waals surface area contributed by atoms with Crippen LogP contribution in [0.25, 0.3) is 0 Å². The van der Waals surface area contributed by atoms with E-state index in [1.54, 1.807) is 42.2 Å². The number of Topliss-reactive ketones (excluding diaryl/α,β-unsaturated/α-hetero) is 1. The van der Waals surface area contributed by atoms with Crippen LogP contribution in [0.2, 0.25) is 0 Å². The second-order valence-electron chi connectivity index (χ2n) is 8.91. The van der Waals surface area contributed by atoms with Crippen LogP contribution in [-0.2, 0) is 10.3 Å². The Kier molecular flexibility index (Phi) is 4.97. The quantitative estimate of drug-likeness (QED) is 0.335. The van der Waals surface area contributed by atoms with Crippen LogP contribution >= 0.6 is 11.8 Å². The molecule has 1 aromatic heterocycles. The number of fused-ring (bicyclic) bond motifs is 4. The summed E-state index contributed by atoms with van der Waals surface area (Å²) in [7, 11) is 0. The van der Waals surface area contributed by atoms with Crippen molar-refractivity contribution >= 4 is 34.8 Å². The lowest BCUT2D eigenvalue weighted by Gasteiger charge is -2.36. The van der Waals surface area contributed by atoms with E-state index >= 15 is 0 Å². The Balaban J connectivity index is 1.63. The van der Waals surface area contributed by atoms with E-state index in [9.17, 15) is 24.1 Å². The number of carbonyl (C=O) groups excluding carboxylic acids is 2. The minimum Gasteiger partial charge on any atom is -0.324 e. The first-order valence-electron chi connectivity index (χ1n) is 11.1. The summed E-state index contributed by atoms with van der Waals surface area (Å²) in [6.07, 6.45) is 3.01. The van der Waals surface area contributed by atoms with E-state index in [0.717, 1.165) is 0 Å². The van der Waals surface area contributed by atoms with Crippen LogP contribution in [0.3, 0.4) is 0 Å². The van der Waals surface area contributed by atoms with Gasteiger partial charge in [0.2, 0.25) is 5.91 Å². The fraction of sp³-hybridized carbons (Fsp3) is 0.240. The van der Waals surface area contributed by atoms with Gasteiger partial charge in [-0.25, -0.2) is 4.39 Å². The maximum Gasteiger partial charge on any atom is 0.269 e. The number of ketones is 1. The highest BCUT2D eigenvalue weighted by Gasteiger charge is 2.69. The van der Waals surface area contributed by atoms with Gasteiger partial charge in [0.05, 0.1) is 10.8 Å². The Morgan fingerprint density at radius 1 is 1.23 bits per heavy atom. The second-order valence-corrected chi connectivity index (χ2v) is 9.91. The van der Waals surface area contributed by atoms with Crippen molar-refractivity contribution in [3.8, 4) is 0 Å². The van der Waals surface area contributed by atoms with Crippen molar-refractivity contribution in [2.24, 2.45) is 5.92 Å². The highest BCUT2D eigenvalue weighted by atomic mass is 32.2. The van der Waals surface area contributed by atoms with Crippen molar-refractivity contribution < 1.29 is 18.9 Å². The zero-order valence-corrected chi connectivity index (χ0v) is 19.1. The number of pyridine rings is 1. The molecule has 3 aromatic rings. The molecule has 176 valence electrons. The van der Waals surface area contributed by atoms with Crippen LogP contribution < -0.4 is 5.32 Å². The number of nitro groups is 1. The molecule has 1 spiro atoms. The maximum absolute atomic E-state index is 14.5. The number of amides is 1. The largest absolute Gasteiger partial charge is 0.324 e. The SMILES string of the molecule is O=C(c1cccnc1)C1C(c2cccc([N+](=O)[O-])c2)C2CSCN2C12C(=O)Nc1ccc(F)cc12. The first kappa shape index (κ1) is 21.9. The summed E-state index contributed by atoms with van der Waals surface area (Å²) in [4.78, 5) is 45.2. The van der Waals surface area contributed by atoms with Crippen LogP contribution in [0.1, 0.15) is 27.4 Å². The molecule has 0 aliphatic carbocycles. The van der Waals surface area contributed by atoms with E-state index in [0.29, 0.717) is 34.0 Å². The first-order chi connectivity index (χ1) is 16.9. The van der Waals surface area contributed by atoms with Gasteiger partial charge in [0.25, 0.3) is 5.69 Å². The van der Waals surface area contributed by atoms with Gasteiger partial charge in [-0.15, -0.1) is 11.8 Å². The fourth-order valence-corrected chi connectivity index (χ4v) is 7.28. The predicted octanol–water partition coefficient (Wildman–Crippen LogP) is 3.95. The number of thioether (sulfide) groups is 1. The molecule has 4 heterocycles. The lowest BCUT2D eigenvalue weighted by Crippen LogP contribution is -2.52. The van der Waals surface area contributed by atoms with E-state index in [4.69, 9.17) is 0 Å². The standard InChI is InChI=1S/C25H19FN4O4S/c26-16-6-7-19-18(10-16)25(24(32)28-19)22(23(31)15-4-2-8-27-11-15)21(20-12-35-13-29(20)25)14-3-1-5-17(9-14)30(33)34/h1-11,20-22H,12-13H2,(H,28,32). The minimum absolute atomic E-state index is 0.0875. The van der Waals surface area contributed by atoms with E-state index in [1.165, 1.54) is 36.5 Å². The van der Waals surface area contributed by atoms with Crippen molar-refractivity contribution in [3.05, 3.63) is 99.6 Å². The number of anilines is 1. The average molecular weight is 491 g/mol. The Labute approximate surface area is 203 Å². The maximum atomic E-state index is 14.5. The number of halogens is 1. The molecule has 4 atom stereocenters. The van der Waals surface area contributed by atoms with Crippen LogP contribution in [0.15, 0.2) is 67.0 Å². The summed E-state index contributed by atoms with van der Waals surface area (Å²) < 4.78 is 14.5. The number of nitrogens with zero attached hydrogens (tertiary/aromatic N) is 3. The Morgan fingerprint density at radius 3 is 2.86 bits per heavy atom. The molecule has 1 N–H and O–H groups in total. The highest BCUT2D eigenvalue weighted by molar-refractivity contribution is 7.99. The van der Waals surface area contributed by atoms with Gasteiger partial charge in [-0.1, -0.05) is 12.1 Å². The number of nitrogens with one attached hydrogen (secondary N) is 1. The molecule has 3 aliphatic rings. The Bertz CT molecular complexity index is 1390. The van der Waals surface area contributed by atoms with E-state index in [2.05, 4.69) is 10.3 Å². The Morgan fingerprint density at radius 2 is 2.09 bits per heavy atom. The molecule has 2 aromatic carbocycles. The summed E-state index contributed by atoms with van der Waals surface area (Å²) >= 11 is 1.62. The van der Waals surface area contributed by atoms with Gasteiger partial charge >= 0.3 is 0 Å². The average Bonchev–Trinajstić information content (AvgIpc) is 3.52. The van der Waals surface area contributed by atoms with Crippen molar-refractivity contribution in [3.63, 3.8) is 0 Å². The number of carbonyl (C=O) groups is 2. The van der Waals surface area contributed by atoms with Gasteiger partial charge in [-0.3, -0.25) is 29.6 Å². The monoisotopic (exact) mass is 490 g/mol. The van der Waals surface area contributed by atoms with Gasteiger partial charge in [-0.2, -0.15) is 0 Å². The molecular weight excluding hydrogens is 471 g/mol. The zero-order chi connectivity index (χ0) is 24.3.